The number of nitrogens with two attached hydrogens (primary N) is 1. The number of piperidine rings is 1. The number of nitrogens with zero attached hydrogens (tertiary/aromatic N) is 3. The first-order valence-corrected chi connectivity index (χ1v) is 8.68. The highest BCUT2D eigenvalue weighted by atomic mass is 15.3. The van der Waals surface area contributed by atoms with Crippen LogP contribution in [0.3, 0.4) is 0 Å². The van der Waals surface area contributed by atoms with E-state index in [4.69, 9.17) is 5.73 Å². The Hall–Kier alpha value is -2.41. The van der Waals surface area contributed by atoms with Gasteiger partial charge in [-0.15, -0.1) is 0 Å². The Labute approximate surface area is 144 Å². The van der Waals surface area contributed by atoms with E-state index >= 15 is 0 Å². The van der Waals surface area contributed by atoms with Gasteiger partial charge in [-0.1, -0.05) is 38.1 Å². The number of aromatic nitrogens is 1. The van der Waals surface area contributed by atoms with Gasteiger partial charge in [0.2, 0.25) is 0 Å². The van der Waals surface area contributed by atoms with E-state index in [1.807, 2.05) is 18.2 Å². The van der Waals surface area contributed by atoms with Crippen LogP contribution in [-0.4, -0.2) is 17.7 Å². The van der Waals surface area contributed by atoms with Gasteiger partial charge in [0.05, 0.1) is 12.2 Å². The van der Waals surface area contributed by atoms with Crippen molar-refractivity contribution in [3.8, 4) is 6.07 Å². The molecule has 0 radical (unpaired) electrons. The summed E-state index contributed by atoms with van der Waals surface area (Å²) in [7, 11) is 0. The Morgan fingerprint density at radius 2 is 1.88 bits per heavy atom. The van der Waals surface area contributed by atoms with Crippen LogP contribution in [0.15, 0.2) is 30.3 Å². The zero-order valence-corrected chi connectivity index (χ0v) is 14.8. The minimum absolute atomic E-state index is 0.636. The van der Waals surface area contributed by atoms with Gasteiger partial charge in [0.1, 0.15) is 17.6 Å². The third-order valence-electron chi connectivity index (χ3n) is 4.97. The van der Waals surface area contributed by atoms with Crippen LogP contribution < -0.4 is 10.6 Å². The van der Waals surface area contributed by atoms with Crippen molar-refractivity contribution in [2.45, 2.75) is 33.7 Å². The Morgan fingerprint density at radius 1 is 1.21 bits per heavy atom. The summed E-state index contributed by atoms with van der Waals surface area (Å²) < 4.78 is 2.09. The lowest BCUT2D eigenvalue weighted by Gasteiger charge is -2.37. The highest BCUT2D eigenvalue weighted by molar-refractivity contribution is 5.68. The fourth-order valence-corrected chi connectivity index (χ4v) is 3.96. The second-order valence-electron chi connectivity index (χ2n) is 7.28. The van der Waals surface area contributed by atoms with Gasteiger partial charge in [-0.3, -0.25) is 0 Å². The van der Waals surface area contributed by atoms with Crippen LogP contribution in [0, 0.1) is 30.1 Å². The summed E-state index contributed by atoms with van der Waals surface area (Å²) in [6.45, 7) is 9.37. The average Bonchev–Trinajstić information content (AvgIpc) is 2.84. The number of nitriles is 1. The van der Waals surface area contributed by atoms with Gasteiger partial charge in [0.15, 0.2) is 0 Å². The molecule has 1 aliphatic heterocycles. The topological polar surface area (TPSA) is 58.0 Å². The van der Waals surface area contributed by atoms with Crippen LogP contribution in [0.2, 0.25) is 0 Å². The van der Waals surface area contributed by atoms with Gasteiger partial charge in [0, 0.05) is 13.1 Å². The minimum Gasteiger partial charge on any atom is -0.396 e. The first kappa shape index (κ1) is 16.4. The smallest absolute Gasteiger partial charge is 0.133 e. The summed E-state index contributed by atoms with van der Waals surface area (Å²) in [5, 5.41) is 9.56. The molecule has 2 atom stereocenters. The van der Waals surface area contributed by atoms with Crippen LogP contribution >= 0.6 is 0 Å². The first-order valence-electron chi connectivity index (χ1n) is 8.68. The summed E-state index contributed by atoms with van der Waals surface area (Å²) in [6, 6.07) is 12.5. The zero-order chi connectivity index (χ0) is 17.3. The predicted molar refractivity (Wildman–Crippen MR) is 99.0 cm³/mol. The standard InChI is InChI=1S/C20H26N4/c1-14-8-15(2)12-23(11-14)20-19(22)9-18(10-21)24(20)13-17-7-5-4-6-16(17)3/h4-7,9,14-15H,8,11-13,22H2,1-3H3/t14-,15+. The van der Waals surface area contributed by atoms with E-state index in [-0.39, 0.29) is 0 Å². The van der Waals surface area contributed by atoms with Gasteiger partial charge in [0.25, 0.3) is 0 Å². The Balaban J connectivity index is 2.02. The second-order valence-corrected chi connectivity index (χ2v) is 7.28. The number of hydrogen-bond donors (Lipinski definition) is 1. The fourth-order valence-electron chi connectivity index (χ4n) is 3.96. The number of rotatable bonds is 3. The number of aryl methyl sites for hydroxylation is 1. The largest absolute Gasteiger partial charge is 0.396 e. The maximum absolute atomic E-state index is 9.56. The van der Waals surface area contributed by atoms with E-state index in [2.05, 4.69) is 48.4 Å². The lowest BCUT2D eigenvalue weighted by atomic mass is 9.92. The van der Waals surface area contributed by atoms with Crippen molar-refractivity contribution >= 4 is 11.5 Å². The lowest BCUT2D eigenvalue weighted by Crippen LogP contribution is -2.40. The number of anilines is 2. The van der Waals surface area contributed by atoms with Gasteiger partial charge in [-0.05, 0) is 42.4 Å². The van der Waals surface area contributed by atoms with E-state index in [0.717, 1.165) is 18.9 Å². The molecule has 0 saturated carbocycles. The molecule has 0 bridgehead atoms. The van der Waals surface area contributed by atoms with Gasteiger partial charge < -0.3 is 15.2 Å². The Bertz CT molecular complexity index is 758. The number of benzene rings is 1. The third kappa shape index (κ3) is 3.12. The molecular formula is C20H26N4. The Kier molecular flexibility index (Phi) is 4.53. The summed E-state index contributed by atoms with van der Waals surface area (Å²) in [6.07, 6.45) is 1.25. The lowest BCUT2D eigenvalue weighted by molar-refractivity contribution is 0.353. The maximum Gasteiger partial charge on any atom is 0.133 e. The van der Waals surface area contributed by atoms with Gasteiger partial charge in [-0.25, -0.2) is 0 Å². The quantitative estimate of drug-likeness (QED) is 0.935. The molecule has 1 aromatic heterocycles. The molecule has 2 heterocycles. The van der Waals surface area contributed by atoms with Crippen molar-refractivity contribution in [2.75, 3.05) is 23.7 Å². The molecule has 2 aromatic rings. The third-order valence-corrected chi connectivity index (χ3v) is 4.97. The molecule has 1 aromatic carbocycles. The summed E-state index contributed by atoms with van der Waals surface area (Å²) in [5.41, 5.74) is 10.1. The molecule has 1 fully saturated rings. The van der Waals surface area contributed by atoms with Crippen LogP contribution in [0.1, 0.15) is 37.1 Å². The van der Waals surface area contributed by atoms with Crippen LogP contribution in [0.5, 0.6) is 0 Å². The van der Waals surface area contributed by atoms with Crippen molar-refractivity contribution in [1.29, 1.82) is 5.26 Å². The maximum atomic E-state index is 9.56. The van der Waals surface area contributed by atoms with Crippen molar-refractivity contribution in [1.82, 2.24) is 4.57 Å². The predicted octanol–water partition coefficient (Wildman–Crippen LogP) is 3.78. The van der Waals surface area contributed by atoms with Crippen LogP contribution in [-0.2, 0) is 6.54 Å². The molecular weight excluding hydrogens is 296 g/mol. The monoisotopic (exact) mass is 322 g/mol. The van der Waals surface area contributed by atoms with E-state index in [1.54, 1.807) is 0 Å². The molecule has 0 unspecified atom stereocenters. The van der Waals surface area contributed by atoms with Crippen molar-refractivity contribution in [3.63, 3.8) is 0 Å². The van der Waals surface area contributed by atoms with Crippen LogP contribution in [0.4, 0.5) is 11.5 Å². The average molecular weight is 322 g/mol. The van der Waals surface area contributed by atoms with Gasteiger partial charge >= 0.3 is 0 Å². The minimum atomic E-state index is 0.636. The SMILES string of the molecule is Cc1ccccc1Cn1c(C#N)cc(N)c1N1C[C@H](C)C[C@H](C)C1. The summed E-state index contributed by atoms with van der Waals surface area (Å²) in [4.78, 5) is 2.37. The molecule has 0 aliphatic carbocycles. The highest BCUT2D eigenvalue weighted by Crippen LogP contribution is 2.33. The van der Waals surface area contributed by atoms with Crippen molar-refractivity contribution in [2.24, 2.45) is 11.8 Å². The molecule has 2 N–H and O–H groups in total. The molecule has 4 heteroatoms. The van der Waals surface area contributed by atoms with E-state index in [9.17, 15) is 5.26 Å². The Morgan fingerprint density at radius 3 is 2.50 bits per heavy atom. The molecule has 126 valence electrons. The van der Waals surface area contributed by atoms with Crippen molar-refractivity contribution in [3.05, 3.63) is 47.2 Å². The molecule has 0 amide bonds. The fraction of sp³-hybridized carbons (Fsp3) is 0.450. The summed E-state index contributed by atoms with van der Waals surface area (Å²) in [5.74, 6) is 2.29. The molecule has 4 nitrogen and oxygen atoms in total. The normalized spacial score (nSPS) is 20.8. The van der Waals surface area contributed by atoms with Crippen LogP contribution in [0.25, 0.3) is 0 Å². The zero-order valence-electron chi connectivity index (χ0n) is 14.8. The van der Waals surface area contributed by atoms with Gasteiger partial charge in [-0.2, -0.15) is 5.26 Å². The number of hydrogen-bond acceptors (Lipinski definition) is 3. The molecule has 0 spiro atoms. The first-order chi connectivity index (χ1) is 11.5. The highest BCUT2D eigenvalue weighted by Gasteiger charge is 2.27. The number of nitrogen functional groups attached to an aromatic ring is 1. The molecule has 24 heavy (non-hydrogen) atoms. The van der Waals surface area contributed by atoms with E-state index in [1.165, 1.54) is 17.5 Å². The van der Waals surface area contributed by atoms with E-state index < -0.39 is 0 Å². The second kappa shape index (κ2) is 6.60. The van der Waals surface area contributed by atoms with Crippen molar-refractivity contribution < 1.29 is 0 Å². The molecule has 1 saturated heterocycles. The molecule has 1 aliphatic rings. The molecule has 3 rings (SSSR count). The van der Waals surface area contributed by atoms with E-state index in [0.29, 0.717) is 29.8 Å². The summed E-state index contributed by atoms with van der Waals surface area (Å²) >= 11 is 0.